The molecule has 0 aromatic heterocycles. The molecule has 0 N–H and O–H groups in total. The van der Waals surface area contributed by atoms with Crippen molar-refractivity contribution < 1.29 is 14.3 Å². The molecule has 0 radical (unpaired) electrons. The van der Waals surface area contributed by atoms with Crippen molar-refractivity contribution in [3.8, 4) is 0 Å². The first-order valence-corrected chi connectivity index (χ1v) is 8.50. The number of carbonyl (C=O) groups is 2. The number of ketones is 1. The molecule has 1 aliphatic carbocycles. The average molecular weight is 318 g/mol. The molecule has 0 aromatic carbocycles. The SMILES string of the molecule is C=C(CCC=C(C)C)CCC1(C(=O)OCC)CCC(=O)C=C1C. The summed E-state index contributed by atoms with van der Waals surface area (Å²) < 4.78 is 5.31. The minimum absolute atomic E-state index is 0.102. The van der Waals surface area contributed by atoms with Crippen molar-refractivity contribution in [3.63, 3.8) is 0 Å². The van der Waals surface area contributed by atoms with Crippen molar-refractivity contribution in [2.24, 2.45) is 5.41 Å². The van der Waals surface area contributed by atoms with E-state index >= 15 is 0 Å². The van der Waals surface area contributed by atoms with E-state index in [0.717, 1.165) is 30.4 Å². The largest absolute Gasteiger partial charge is 0.465 e. The Morgan fingerprint density at radius 1 is 1.39 bits per heavy atom. The second kappa shape index (κ2) is 8.85. The van der Waals surface area contributed by atoms with Crippen LogP contribution in [0.3, 0.4) is 0 Å². The minimum atomic E-state index is -0.649. The second-order valence-electron chi connectivity index (χ2n) is 6.67. The summed E-state index contributed by atoms with van der Waals surface area (Å²) in [7, 11) is 0. The van der Waals surface area contributed by atoms with Gasteiger partial charge < -0.3 is 4.74 Å². The van der Waals surface area contributed by atoms with Crippen LogP contribution in [0, 0.1) is 5.41 Å². The van der Waals surface area contributed by atoms with E-state index in [4.69, 9.17) is 4.74 Å². The van der Waals surface area contributed by atoms with E-state index < -0.39 is 5.41 Å². The lowest BCUT2D eigenvalue weighted by Gasteiger charge is -2.35. The number of esters is 1. The predicted molar refractivity (Wildman–Crippen MR) is 94.1 cm³/mol. The minimum Gasteiger partial charge on any atom is -0.465 e. The third-order valence-electron chi connectivity index (χ3n) is 4.55. The summed E-state index contributed by atoms with van der Waals surface area (Å²) in [6.07, 6.45) is 8.17. The van der Waals surface area contributed by atoms with E-state index in [2.05, 4.69) is 26.5 Å². The van der Waals surface area contributed by atoms with Gasteiger partial charge in [-0.25, -0.2) is 0 Å². The molecule has 128 valence electrons. The highest BCUT2D eigenvalue weighted by Gasteiger charge is 2.43. The van der Waals surface area contributed by atoms with Crippen molar-refractivity contribution in [1.29, 1.82) is 0 Å². The molecule has 0 amide bonds. The van der Waals surface area contributed by atoms with Crippen molar-refractivity contribution in [2.45, 2.75) is 66.2 Å². The first-order chi connectivity index (χ1) is 10.8. The lowest BCUT2D eigenvalue weighted by Crippen LogP contribution is -2.37. The molecule has 1 atom stereocenters. The highest BCUT2D eigenvalue weighted by Crippen LogP contribution is 2.42. The molecule has 0 fully saturated rings. The van der Waals surface area contributed by atoms with Crippen LogP contribution >= 0.6 is 0 Å². The van der Waals surface area contributed by atoms with E-state index in [1.807, 2.05) is 13.8 Å². The smallest absolute Gasteiger partial charge is 0.316 e. The summed E-state index contributed by atoms with van der Waals surface area (Å²) in [6.45, 7) is 12.4. The monoisotopic (exact) mass is 318 g/mol. The molecule has 23 heavy (non-hydrogen) atoms. The van der Waals surface area contributed by atoms with E-state index in [-0.39, 0.29) is 11.8 Å². The van der Waals surface area contributed by atoms with Crippen LogP contribution in [0.4, 0.5) is 0 Å². The fourth-order valence-electron chi connectivity index (χ4n) is 3.02. The van der Waals surface area contributed by atoms with Crippen LogP contribution in [-0.2, 0) is 14.3 Å². The Kier molecular flexibility index (Phi) is 7.47. The maximum atomic E-state index is 12.5. The van der Waals surface area contributed by atoms with Gasteiger partial charge in [0.15, 0.2) is 5.78 Å². The average Bonchev–Trinajstić information content (AvgIpc) is 2.46. The Balaban J connectivity index is 2.77. The van der Waals surface area contributed by atoms with E-state index in [1.165, 1.54) is 5.57 Å². The Morgan fingerprint density at radius 2 is 2.09 bits per heavy atom. The summed E-state index contributed by atoms with van der Waals surface area (Å²) in [5, 5.41) is 0. The molecule has 1 rings (SSSR count). The van der Waals surface area contributed by atoms with Gasteiger partial charge in [-0.05, 0) is 65.9 Å². The van der Waals surface area contributed by atoms with Gasteiger partial charge in [-0.1, -0.05) is 29.4 Å². The lowest BCUT2D eigenvalue weighted by molar-refractivity contribution is -0.154. The molecule has 1 aliphatic rings. The van der Waals surface area contributed by atoms with Gasteiger partial charge in [0.25, 0.3) is 0 Å². The fraction of sp³-hybridized carbons (Fsp3) is 0.600. The highest BCUT2D eigenvalue weighted by molar-refractivity contribution is 5.95. The van der Waals surface area contributed by atoms with E-state index in [9.17, 15) is 9.59 Å². The van der Waals surface area contributed by atoms with Gasteiger partial charge in [-0.2, -0.15) is 0 Å². The summed E-state index contributed by atoms with van der Waals surface area (Å²) in [6, 6.07) is 0. The van der Waals surface area contributed by atoms with Crippen molar-refractivity contribution in [2.75, 3.05) is 6.61 Å². The molecule has 0 spiro atoms. The summed E-state index contributed by atoms with van der Waals surface area (Å²) >= 11 is 0. The molecule has 3 nitrogen and oxygen atoms in total. The quantitative estimate of drug-likeness (QED) is 0.471. The third-order valence-corrected chi connectivity index (χ3v) is 4.55. The van der Waals surface area contributed by atoms with Crippen molar-refractivity contribution >= 4 is 11.8 Å². The lowest BCUT2D eigenvalue weighted by atomic mass is 9.69. The van der Waals surface area contributed by atoms with Gasteiger partial charge in [0.05, 0.1) is 12.0 Å². The number of hydrogen-bond acceptors (Lipinski definition) is 3. The van der Waals surface area contributed by atoms with Crippen LogP contribution in [0.5, 0.6) is 0 Å². The zero-order chi connectivity index (χ0) is 17.5. The molecule has 0 heterocycles. The summed E-state index contributed by atoms with van der Waals surface area (Å²) in [4.78, 5) is 24.2. The molecule has 0 bridgehead atoms. The van der Waals surface area contributed by atoms with Gasteiger partial charge >= 0.3 is 5.97 Å². The highest BCUT2D eigenvalue weighted by atomic mass is 16.5. The van der Waals surface area contributed by atoms with Crippen LogP contribution in [0.2, 0.25) is 0 Å². The first kappa shape index (κ1) is 19.4. The molecule has 0 aliphatic heterocycles. The Morgan fingerprint density at radius 3 is 2.65 bits per heavy atom. The Bertz CT molecular complexity index is 521. The second-order valence-corrected chi connectivity index (χ2v) is 6.67. The van der Waals surface area contributed by atoms with Gasteiger partial charge in [-0.3, -0.25) is 9.59 Å². The van der Waals surface area contributed by atoms with Gasteiger partial charge in [0, 0.05) is 6.42 Å². The molecule has 0 saturated heterocycles. The molecule has 0 aromatic rings. The van der Waals surface area contributed by atoms with Crippen LogP contribution in [0.1, 0.15) is 66.2 Å². The van der Waals surface area contributed by atoms with Crippen molar-refractivity contribution in [1.82, 2.24) is 0 Å². The van der Waals surface area contributed by atoms with Gasteiger partial charge in [-0.15, -0.1) is 0 Å². The number of carbonyl (C=O) groups excluding carboxylic acids is 2. The number of hydrogen-bond donors (Lipinski definition) is 0. The van der Waals surface area contributed by atoms with Gasteiger partial charge in [0.1, 0.15) is 0 Å². The fourth-order valence-corrected chi connectivity index (χ4v) is 3.02. The normalized spacial score (nSPS) is 20.7. The van der Waals surface area contributed by atoms with Crippen LogP contribution in [0.15, 0.2) is 35.5 Å². The van der Waals surface area contributed by atoms with E-state index in [0.29, 0.717) is 25.9 Å². The van der Waals surface area contributed by atoms with E-state index in [1.54, 1.807) is 6.08 Å². The molecule has 0 saturated carbocycles. The molecular weight excluding hydrogens is 288 g/mol. The summed E-state index contributed by atoms with van der Waals surface area (Å²) in [5.41, 5.74) is 2.65. The van der Waals surface area contributed by atoms with Crippen molar-refractivity contribution in [3.05, 3.63) is 35.5 Å². The molecular formula is C20H30O3. The molecule has 3 heteroatoms. The first-order valence-electron chi connectivity index (χ1n) is 8.50. The standard InChI is InChI=1S/C20H30O3/c1-6-23-19(22)20(13-11-18(21)14-17(20)5)12-10-16(4)9-7-8-15(2)3/h8,14H,4,6-7,9-13H2,1-3,5H3. The summed E-state index contributed by atoms with van der Waals surface area (Å²) in [5.74, 6) is -0.0943. The zero-order valence-electron chi connectivity index (χ0n) is 15.0. The van der Waals surface area contributed by atoms with Gasteiger partial charge in [0.2, 0.25) is 0 Å². The number of allylic oxidation sites excluding steroid dienone is 4. The van der Waals surface area contributed by atoms with Crippen LogP contribution in [-0.4, -0.2) is 18.4 Å². The van der Waals surface area contributed by atoms with Crippen LogP contribution in [0.25, 0.3) is 0 Å². The number of ether oxygens (including phenoxy) is 1. The maximum Gasteiger partial charge on any atom is 0.316 e. The van der Waals surface area contributed by atoms with Crippen LogP contribution < -0.4 is 0 Å². The zero-order valence-corrected chi connectivity index (χ0v) is 15.0. The topological polar surface area (TPSA) is 43.4 Å². The molecule has 1 unspecified atom stereocenters. The Hall–Kier alpha value is -1.64. The maximum absolute atomic E-state index is 12.5. The number of rotatable bonds is 8. The predicted octanol–water partition coefficient (Wildman–Crippen LogP) is 4.93. The Labute approximate surface area is 140 Å². The third kappa shape index (κ3) is 5.49.